The molecule has 0 aliphatic carbocycles. The van der Waals surface area contributed by atoms with Crippen molar-refractivity contribution in [1.82, 2.24) is 15.0 Å². The van der Waals surface area contributed by atoms with E-state index in [1.807, 2.05) is 12.1 Å². The first-order chi connectivity index (χ1) is 6.90. The Balaban J connectivity index is 2.32. The number of nitrogens with one attached hydrogen (secondary N) is 1. The molecule has 0 aromatic carbocycles. The molecular weight excluding hydrogens is 176 g/mol. The van der Waals surface area contributed by atoms with Crippen molar-refractivity contribution in [2.45, 2.75) is 13.3 Å². The Morgan fingerprint density at radius 3 is 3.07 bits per heavy atom. The lowest BCUT2D eigenvalue weighted by Crippen LogP contribution is -2.04. The van der Waals surface area contributed by atoms with Crippen molar-refractivity contribution in [2.75, 3.05) is 11.9 Å². The summed E-state index contributed by atoms with van der Waals surface area (Å²) in [5.74, 6) is 0.673. The summed E-state index contributed by atoms with van der Waals surface area (Å²) in [6.07, 6.45) is 4.54. The fourth-order valence-electron chi connectivity index (χ4n) is 1.19. The molecule has 0 aliphatic rings. The molecule has 2 rings (SSSR count). The lowest BCUT2D eigenvalue weighted by atomic mass is 10.4. The number of rotatable bonds is 3. The molecule has 4 nitrogen and oxygen atoms in total. The summed E-state index contributed by atoms with van der Waals surface area (Å²) >= 11 is 0. The van der Waals surface area contributed by atoms with Crippen LogP contribution in [0, 0.1) is 0 Å². The topological polar surface area (TPSA) is 50.7 Å². The van der Waals surface area contributed by atoms with Crippen molar-refractivity contribution in [3.63, 3.8) is 0 Å². The van der Waals surface area contributed by atoms with E-state index in [4.69, 9.17) is 0 Å². The monoisotopic (exact) mass is 188 g/mol. The van der Waals surface area contributed by atoms with Crippen molar-refractivity contribution in [2.24, 2.45) is 0 Å². The number of hydrogen-bond acceptors (Lipinski definition) is 4. The molecular formula is C10H12N4. The predicted octanol–water partition coefficient (Wildman–Crippen LogP) is 1.85. The molecule has 0 aliphatic heterocycles. The molecule has 72 valence electrons. The van der Waals surface area contributed by atoms with Crippen molar-refractivity contribution < 1.29 is 0 Å². The van der Waals surface area contributed by atoms with E-state index in [0.717, 1.165) is 24.0 Å². The van der Waals surface area contributed by atoms with E-state index in [0.29, 0.717) is 5.95 Å². The Morgan fingerprint density at radius 1 is 1.29 bits per heavy atom. The summed E-state index contributed by atoms with van der Waals surface area (Å²) in [6, 6.07) is 3.81. The van der Waals surface area contributed by atoms with Crippen LogP contribution in [-0.2, 0) is 0 Å². The van der Waals surface area contributed by atoms with Crippen LogP contribution in [0.1, 0.15) is 13.3 Å². The molecule has 0 bridgehead atoms. The highest BCUT2D eigenvalue weighted by atomic mass is 15.1. The van der Waals surface area contributed by atoms with Crippen LogP contribution >= 0.6 is 0 Å². The summed E-state index contributed by atoms with van der Waals surface area (Å²) in [5, 5.41) is 3.14. The van der Waals surface area contributed by atoms with Gasteiger partial charge >= 0.3 is 0 Å². The third kappa shape index (κ3) is 1.79. The smallest absolute Gasteiger partial charge is 0.223 e. The number of hydrogen-bond donors (Lipinski definition) is 1. The Hall–Kier alpha value is -1.71. The maximum atomic E-state index is 4.33. The average Bonchev–Trinajstić information content (AvgIpc) is 2.26. The van der Waals surface area contributed by atoms with Gasteiger partial charge in [0.15, 0.2) is 0 Å². The van der Waals surface area contributed by atoms with E-state index in [2.05, 4.69) is 27.2 Å². The minimum absolute atomic E-state index is 0.673. The standard InChI is InChI=1S/C10H12N4/c1-2-5-12-10-13-7-9-8(14-10)4-3-6-11-9/h3-4,6-7H,2,5H2,1H3,(H,12,13,14). The second kappa shape index (κ2) is 4.00. The molecule has 2 heterocycles. The van der Waals surface area contributed by atoms with Crippen LogP contribution in [-0.4, -0.2) is 21.5 Å². The second-order valence-electron chi connectivity index (χ2n) is 3.03. The third-order valence-electron chi connectivity index (χ3n) is 1.88. The largest absolute Gasteiger partial charge is 0.354 e. The molecule has 0 fully saturated rings. The summed E-state index contributed by atoms with van der Waals surface area (Å²) in [4.78, 5) is 12.6. The Morgan fingerprint density at radius 2 is 2.21 bits per heavy atom. The van der Waals surface area contributed by atoms with Gasteiger partial charge in [-0.25, -0.2) is 9.97 Å². The molecule has 2 aromatic heterocycles. The molecule has 0 amide bonds. The van der Waals surface area contributed by atoms with E-state index < -0.39 is 0 Å². The molecule has 0 saturated heterocycles. The SMILES string of the molecule is CCCNc1ncc2ncccc2n1. The Labute approximate surface area is 82.4 Å². The van der Waals surface area contributed by atoms with Crippen molar-refractivity contribution >= 4 is 17.0 Å². The van der Waals surface area contributed by atoms with Gasteiger partial charge in [-0.2, -0.15) is 0 Å². The van der Waals surface area contributed by atoms with Gasteiger partial charge in [-0.15, -0.1) is 0 Å². The summed E-state index contributed by atoms with van der Waals surface area (Å²) in [5.41, 5.74) is 1.70. The van der Waals surface area contributed by atoms with Gasteiger partial charge < -0.3 is 5.32 Å². The van der Waals surface area contributed by atoms with E-state index in [1.165, 1.54) is 0 Å². The highest BCUT2D eigenvalue weighted by Crippen LogP contribution is 2.08. The molecule has 2 aromatic rings. The molecule has 0 spiro atoms. The maximum absolute atomic E-state index is 4.33. The first-order valence-electron chi connectivity index (χ1n) is 4.72. The van der Waals surface area contributed by atoms with Crippen LogP contribution < -0.4 is 5.32 Å². The summed E-state index contributed by atoms with van der Waals surface area (Å²) in [6.45, 7) is 3.00. The molecule has 1 N–H and O–H groups in total. The molecule has 0 radical (unpaired) electrons. The van der Waals surface area contributed by atoms with Crippen LogP contribution in [0.25, 0.3) is 11.0 Å². The fraction of sp³-hybridized carbons (Fsp3) is 0.300. The number of aromatic nitrogens is 3. The fourth-order valence-corrected chi connectivity index (χ4v) is 1.19. The highest BCUT2D eigenvalue weighted by molar-refractivity contribution is 5.73. The minimum atomic E-state index is 0.673. The maximum Gasteiger partial charge on any atom is 0.223 e. The number of fused-ring (bicyclic) bond motifs is 1. The highest BCUT2D eigenvalue weighted by Gasteiger charge is 1.97. The zero-order valence-electron chi connectivity index (χ0n) is 8.07. The van der Waals surface area contributed by atoms with Gasteiger partial charge in [-0.1, -0.05) is 6.92 Å². The lowest BCUT2D eigenvalue weighted by Gasteiger charge is -2.02. The zero-order chi connectivity index (χ0) is 9.80. The molecule has 0 saturated carbocycles. The second-order valence-corrected chi connectivity index (χ2v) is 3.03. The van der Waals surface area contributed by atoms with Crippen LogP contribution in [0.3, 0.4) is 0 Å². The number of pyridine rings is 1. The molecule has 14 heavy (non-hydrogen) atoms. The van der Waals surface area contributed by atoms with Crippen LogP contribution in [0.2, 0.25) is 0 Å². The molecule has 0 atom stereocenters. The van der Waals surface area contributed by atoms with Crippen LogP contribution in [0.4, 0.5) is 5.95 Å². The minimum Gasteiger partial charge on any atom is -0.354 e. The van der Waals surface area contributed by atoms with Gasteiger partial charge in [0.25, 0.3) is 0 Å². The quantitative estimate of drug-likeness (QED) is 0.798. The van der Waals surface area contributed by atoms with Crippen molar-refractivity contribution in [3.05, 3.63) is 24.5 Å². The van der Waals surface area contributed by atoms with E-state index in [1.54, 1.807) is 12.4 Å². The number of anilines is 1. The van der Waals surface area contributed by atoms with Gasteiger partial charge in [0, 0.05) is 12.7 Å². The third-order valence-corrected chi connectivity index (χ3v) is 1.88. The lowest BCUT2D eigenvalue weighted by molar-refractivity contribution is 0.956. The molecule has 0 unspecified atom stereocenters. The normalized spacial score (nSPS) is 10.4. The van der Waals surface area contributed by atoms with Crippen LogP contribution in [0.15, 0.2) is 24.5 Å². The summed E-state index contributed by atoms with van der Waals surface area (Å²) < 4.78 is 0. The van der Waals surface area contributed by atoms with Crippen molar-refractivity contribution in [1.29, 1.82) is 0 Å². The van der Waals surface area contributed by atoms with E-state index >= 15 is 0 Å². The summed E-state index contributed by atoms with van der Waals surface area (Å²) in [7, 11) is 0. The Kier molecular flexibility index (Phi) is 2.53. The van der Waals surface area contributed by atoms with Gasteiger partial charge in [-0.05, 0) is 18.6 Å². The van der Waals surface area contributed by atoms with E-state index in [9.17, 15) is 0 Å². The first kappa shape index (κ1) is 8.87. The van der Waals surface area contributed by atoms with Crippen LogP contribution in [0.5, 0.6) is 0 Å². The van der Waals surface area contributed by atoms with Crippen molar-refractivity contribution in [3.8, 4) is 0 Å². The number of nitrogens with zero attached hydrogens (tertiary/aromatic N) is 3. The Bertz CT molecular complexity index is 427. The van der Waals surface area contributed by atoms with Gasteiger partial charge in [-0.3, -0.25) is 4.98 Å². The van der Waals surface area contributed by atoms with Gasteiger partial charge in [0.2, 0.25) is 5.95 Å². The van der Waals surface area contributed by atoms with Gasteiger partial charge in [0.05, 0.1) is 11.7 Å². The van der Waals surface area contributed by atoms with E-state index in [-0.39, 0.29) is 0 Å². The van der Waals surface area contributed by atoms with Gasteiger partial charge in [0.1, 0.15) is 5.52 Å². The molecule has 4 heteroatoms. The predicted molar refractivity (Wildman–Crippen MR) is 56.1 cm³/mol. The first-order valence-corrected chi connectivity index (χ1v) is 4.72. The zero-order valence-corrected chi connectivity index (χ0v) is 8.07. The average molecular weight is 188 g/mol.